The molecule has 6 heteroatoms. The van der Waals surface area contributed by atoms with Crippen LogP contribution in [0.3, 0.4) is 0 Å². The first-order chi connectivity index (χ1) is 16.9. The summed E-state index contributed by atoms with van der Waals surface area (Å²) < 4.78 is 6.41. The Labute approximate surface area is 207 Å². The molecule has 1 saturated heterocycles. The minimum Gasteiger partial charge on any atom is -0.508 e. The molecule has 0 spiro atoms. The molecule has 3 unspecified atom stereocenters. The van der Waals surface area contributed by atoms with Crippen molar-refractivity contribution >= 4 is 12.0 Å². The van der Waals surface area contributed by atoms with E-state index in [1.54, 1.807) is 30.3 Å². The normalized spacial score (nSPS) is 29.1. The summed E-state index contributed by atoms with van der Waals surface area (Å²) in [7, 11) is 1.83. The van der Waals surface area contributed by atoms with E-state index in [1.807, 2.05) is 25.3 Å². The molecular formula is C29H36N2O4. The van der Waals surface area contributed by atoms with Crippen LogP contribution in [0, 0.1) is 5.92 Å². The highest BCUT2D eigenvalue weighted by Gasteiger charge is 2.59. The van der Waals surface area contributed by atoms with Gasteiger partial charge in [0.15, 0.2) is 0 Å². The van der Waals surface area contributed by atoms with E-state index < -0.39 is 0 Å². The van der Waals surface area contributed by atoms with Crippen LogP contribution in [0.15, 0.2) is 54.6 Å². The molecule has 186 valence electrons. The van der Waals surface area contributed by atoms with Crippen molar-refractivity contribution in [1.29, 1.82) is 0 Å². The number of carbonyl (C=O) groups excluding carboxylic acids is 1. The lowest BCUT2D eigenvalue weighted by Gasteiger charge is -2.60. The van der Waals surface area contributed by atoms with Gasteiger partial charge in [0.05, 0.1) is 5.60 Å². The fourth-order valence-corrected chi connectivity index (χ4v) is 6.39. The van der Waals surface area contributed by atoms with E-state index >= 15 is 0 Å². The van der Waals surface area contributed by atoms with E-state index in [0.29, 0.717) is 0 Å². The molecule has 0 radical (unpaired) electrons. The number of benzene rings is 2. The largest absolute Gasteiger partial charge is 0.508 e. The van der Waals surface area contributed by atoms with Crippen molar-refractivity contribution in [1.82, 2.24) is 10.2 Å². The van der Waals surface area contributed by atoms with Crippen LogP contribution in [-0.2, 0) is 14.9 Å². The molecule has 3 N–H and O–H groups in total. The zero-order chi connectivity index (χ0) is 24.5. The molecule has 1 aliphatic heterocycles. The highest BCUT2D eigenvalue weighted by Crippen LogP contribution is 2.54. The Balaban J connectivity index is 1.37. The Kier molecular flexibility index (Phi) is 6.60. The van der Waals surface area contributed by atoms with Gasteiger partial charge < -0.3 is 25.2 Å². The zero-order valence-electron chi connectivity index (χ0n) is 20.5. The van der Waals surface area contributed by atoms with E-state index in [9.17, 15) is 15.0 Å². The molecule has 2 saturated carbocycles. The van der Waals surface area contributed by atoms with Crippen LogP contribution in [0.2, 0.25) is 0 Å². The van der Waals surface area contributed by atoms with Crippen LogP contribution in [0.25, 0.3) is 6.08 Å². The number of hydrogen-bond acceptors (Lipinski definition) is 5. The van der Waals surface area contributed by atoms with E-state index in [4.69, 9.17) is 4.74 Å². The molecule has 2 aliphatic carbocycles. The number of phenolic OH excluding ortho intramolecular Hbond substituents is 2. The average Bonchev–Trinajstić information content (AvgIpc) is 3.67. The van der Waals surface area contributed by atoms with Crippen molar-refractivity contribution in [3.63, 3.8) is 0 Å². The van der Waals surface area contributed by atoms with Crippen LogP contribution in [0.4, 0.5) is 0 Å². The quantitative estimate of drug-likeness (QED) is 0.522. The number of methoxy groups -OCH3 is 1. The van der Waals surface area contributed by atoms with Crippen LogP contribution >= 0.6 is 0 Å². The Bertz CT molecular complexity index is 1100. The SMILES string of the molecule is COC12CCC(NC(=O)/C=C/c3cccc(O)c3)CC1(c1cccc(O)c1)CCN(CC1CC1)C2. The van der Waals surface area contributed by atoms with Gasteiger partial charge in [-0.3, -0.25) is 4.79 Å². The van der Waals surface area contributed by atoms with Crippen LogP contribution in [0.5, 0.6) is 11.5 Å². The van der Waals surface area contributed by atoms with E-state index in [-0.39, 0.29) is 34.5 Å². The number of fused-ring (bicyclic) bond motifs is 1. The molecular weight excluding hydrogens is 440 g/mol. The Morgan fingerprint density at radius 1 is 1.11 bits per heavy atom. The van der Waals surface area contributed by atoms with Gasteiger partial charge in [0.2, 0.25) is 5.91 Å². The minimum atomic E-state index is -0.355. The maximum absolute atomic E-state index is 12.8. The zero-order valence-corrected chi connectivity index (χ0v) is 20.5. The Morgan fingerprint density at radius 2 is 1.89 bits per heavy atom. The number of ether oxygens (including phenoxy) is 1. The first kappa shape index (κ1) is 23.9. The topological polar surface area (TPSA) is 82.0 Å². The third-order valence-corrected chi connectivity index (χ3v) is 8.34. The lowest BCUT2D eigenvalue weighted by atomic mass is 9.55. The number of nitrogens with zero attached hydrogens (tertiary/aromatic N) is 1. The van der Waals surface area contributed by atoms with Crippen LogP contribution in [-0.4, -0.2) is 59.4 Å². The molecule has 0 bridgehead atoms. The Morgan fingerprint density at radius 3 is 2.60 bits per heavy atom. The summed E-state index contributed by atoms with van der Waals surface area (Å²) in [5.41, 5.74) is 1.24. The number of rotatable bonds is 7. The van der Waals surface area contributed by atoms with Gasteiger partial charge in [0, 0.05) is 37.7 Å². The number of aromatic hydroxyl groups is 2. The van der Waals surface area contributed by atoms with E-state index in [1.165, 1.54) is 18.9 Å². The molecule has 2 aromatic rings. The molecule has 3 fully saturated rings. The summed E-state index contributed by atoms with van der Waals surface area (Å²) in [6, 6.07) is 14.5. The van der Waals surface area contributed by atoms with Gasteiger partial charge in [-0.15, -0.1) is 0 Å². The first-order valence-electron chi connectivity index (χ1n) is 12.8. The number of piperidine rings is 1. The van der Waals surface area contributed by atoms with Gasteiger partial charge in [-0.25, -0.2) is 0 Å². The highest BCUT2D eigenvalue weighted by atomic mass is 16.5. The lowest BCUT2D eigenvalue weighted by molar-refractivity contribution is -0.150. The summed E-state index contributed by atoms with van der Waals surface area (Å²) >= 11 is 0. The average molecular weight is 477 g/mol. The standard InChI is InChI=1S/C29H36N2O4/c1-35-29-13-12-24(30-27(34)11-10-21-4-2-6-25(32)16-21)18-28(29,23-5-3-7-26(33)17-23)14-15-31(20-29)19-22-8-9-22/h2-7,10-11,16-17,22,24,32-33H,8-9,12-15,18-20H2,1H3,(H,30,34)/b11-10+. The fraction of sp³-hybridized carbons (Fsp3) is 0.483. The number of likely N-dealkylation sites (tertiary alicyclic amines) is 1. The predicted molar refractivity (Wildman–Crippen MR) is 136 cm³/mol. The third-order valence-electron chi connectivity index (χ3n) is 8.34. The van der Waals surface area contributed by atoms with Gasteiger partial charge in [-0.2, -0.15) is 0 Å². The summed E-state index contributed by atoms with van der Waals surface area (Å²) in [6.07, 6.45) is 9.32. The number of phenols is 2. The van der Waals surface area contributed by atoms with Crippen molar-refractivity contribution in [3.8, 4) is 11.5 Å². The fourth-order valence-electron chi connectivity index (χ4n) is 6.39. The molecule has 2 aromatic carbocycles. The van der Waals surface area contributed by atoms with Crippen molar-refractivity contribution in [2.45, 2.75) is 55.6 Å². The number of hydrogen-bond donors (Lipinski definition) is 3. The minimum absolute atomic E-state index is 0.0110. The second-order valence-electron chi connectivity index (χ2n) is 10.6. The van der Waals surface area contributed by atoms with Crippen LogP contribution < -0.4 is 5.32 Å². The number of amides is 1. The maximum Gasteiger partial charge on any atom is 0.244 e. The molecule has 3 aliphatic rings. The third kappa shape index (κ3) is 4.95. The van der Waals surface area contributed by atoms with Crippen molar-refractivity contribution < 1.29 is 19.7 Å². The smallest absolute Gasteiger partial charge is 0.244 e. The molecule has 0 aromatic heterocycles. The van der Waals surface area contributed by atoms with Gasteiger partial charge >= 0.3 is 0 Å². The lowest BCUT2D eigenvalue weighted by Crippen LogP contribution is -2.68. The number of carbonyl (C=O) groups is 1. The van der Waals surface area contributed by atoms with E-state index in [0.717, 1.165) is 62.4 Å². The van der Waals surface area contributed by atoms with Crippen molar-refractivity contribution in [3.05, 3.63) is 65.7 Å². The summed E-state index contributed by atoms with van der Waals surface area (Å²) in [5.74, 6) is 1.13. The van der Waals surface area contributed by atoms with Gasteiger partial charge in [0.25, 0.3) is 0 Å². The van der Waals surface area contributed by atoms with Gasteiger partial charge in [0.1, 0.15) is 11.5 Å². The van der Waals surface area contributed by atoms with Crippen molar-refractivity contribution in [2.24, 2.45) is 5.92 Å². The predicted octanol–water partition coefficient (Wildman–Crippen LogP) is 4.22. The molecule has 6 nitrogen and oxygen atoms in total. The summed E-state index contributed by atoms with van der Waals surface area (Å²) in [6.45, 7) is 3.02. The van der Waals surface area contributed by atoms with Gasteiger partial charge in [-0.1, -0.05) is 24.3 Å². The molecule has 1 heterocycles. The summed E-state index contributed by atoms with van der Waals surface area (Å²) in [5, 5.41) is 23.2. The molecule has 5 rings (SSSR count). The van der Waals surface area contributed by atoms with Gasteiger partial charge in [-0.05, 0) is 92.5 Å². The molecule has 3 atom stereocenters. The van der Waals surface area contributed by atoms with E-state index in [2.05, 4.69) is 16.3 Å². The molecule has 1 amide bonds. The first-order valence-corrected chi connectivity index (χ1v) is 12.8. The Hall–Kier alpha value is -2.83. The van der Waals surface area contributed by atoms with Crippen molar-refractivity contribution in [2.75, 3.05) is 26.7 Å². The monoisotopic (exact) mass is 476 g/mol. The highest BCUT2D eigenvalue weighted by molar-refractivity contribution is 5.92. The molecule has 35 heavy (non-hydrogen) atoms. The maximum atomic E-state index is 12.8. The second kappa shape index (κ2) is 9.67. The summed E-state index contributed by atoms with van der Waals surface area (Å²) in [4.78, 5) is 15.4. The number of nitrogens with one attached hydrogen (secondary N) is 1. The van der Waals surface area contributed by atoms with Crippen LogP contribution in [0.1, 0.15) is 49.7 Å². The second-order valence-corrected chi connectivity index (χ2v) is 10.6.